The minimum atomic E-state index is -0.625. The zero-order valence-electron chi connectivity index (χ0n) is 16.8. The summed E-state index contributed by atoms with van der Waals surface area (Å²) >= 11 is 6.03. The maximum Gasteiger partial charge on any atom is 0.273 e. The van der Waals surface area contributed by atoms with Crippen LogP contribution in [0.2, 0.25) is 5.02 Å². The minimum Gasteiger partial charge on any atom is -0.321 e. The van der Waals surface area contributed by atoms with Gasteiger partial charge in [0, 0.05) is 23.0 Å². The normalized spacial score (nSPS) is 11.0. The fourth-order valence-electron chi connectivity index (χ4n) is 2.66. The second kappa shape index (κ2) is 9.77. The molecule has 7 nitrogen and oxygen atoms in total. The van der Waals surface area contributed by atoms with E-state index < -0.39 is 11.8 Å². The largest absolute Gasteiger partial charge is 0.321 e. The number of benzene rings is 2. The van der Waals surface area contributed by atoms with E-state index in [1.165, 1.54) is 25.3 Å². The van der Waals surface area contributed by atoms with Gasteiger partial charge in [-0.3, -0.25) is 19.4 Å². The Morgan fingerprint density at radius 3 is 2.39 bits per heavy atom. The average molecular weight is 435 g/mol. The third-order valence-corrected chi connectivity index (χ3v) is 4.60. The highest BCUT2D eigenvalue weighted by Gasteiger charge is 2.16. The lowest BCUT2D eigenvalue weighted by molar-refractivity contribution is 0.0955. The maximum atomic E-state index is 12.7. The molecule has 1 heterocycles. The first kappa shape index (κ1) is 21.9. The molecular weight excluding hydrogens is 416 g/mol. The van der Waals surface area contributed by atoms with Gasteiger partial charge in [-0.15, -0.1) is 0 Å². The number of Topliss-reactive ketones (excluding diaryl/α,β-unsaturated/α-hetero) is 1. The van der Waals surface area contributed by atoms with Crippen LogP contribution in [0, 0.1) is 6.92 Å². The Hall–Kier alpha value is -3.84. The molecule has 0 saturated carbocycles. The monoisotopic (exact) mass is 434 g/mol. The van der Waals surface area contributed by atoms with Gasteiger partial charge < -0.3 is 5.32 Å². The van der Waals surface area contributed by atoms with Crippen LogP contribution in [-0.4, -0.2) is 28.3 Å². The van der Waals surface area contributed by atoms with Crippen molar-refractivity contribution in [3.63, 3.8) is 0 Å². The standard InChI is InChI=1S/C23H19ClN4O3/c1-14-5-7-16(8-6-14)21(29)15(2)27-28-23(31)19-12-18(24)9-10-20(19)26-22(30)17-4-3-11-25-13-17/h3-13H,1-2H3,(H,26,30)(H,28,31). The van der Waals surface area contributed by atoms with E-state index in [0.717, 1.165) is 5.56 Å². The molecule has 31 heavy (non-hydrogen) atoms. The predicted octanol–water partition coefficient (Wildman–Crippen LogP) is 4.28. The summed E-state index contributed by atoms with van der Waals surface area (Å²) in [6, 6.07) is 14.7. The molecule has 0 aliphatic rings. The molecule has 1 aromatic heterocycles. The van der Waals surface area contributed by atoms with E-state index in [2.05, 4.69) is 20.8 Å². The molecule has 0 fully saturated rings. The van der Waals surface area contributed by atoms with Crippen molar-refractivity contribution in [1.82, 2.24) is 10.4 Å². The van der Waals surface area contributed by atoms with Crippen molar-refractivity contribution in [2.24, 2.45) is 5.10 Å². The van der Waals surface area contributed by atoms with E-state index in [0.29, 0.717) is 16.1 Å². The van der Waals surface area contributed by atoms with Crippen molar-refractivity contribution < 1.29 is 14.4 Å². The number of anilines is 1. The third kappa shape index (κ3) is 5.61. The van der Waals surface area contributed by atoms with Crippen LogP contribution >= 0.6 is 11.6 Å². The topological polar surface area (TPSA) is 101 Å². The summed E-state index contributed by atoms with van der Waals surface area (Å²) in [5, 5.41) is 6.88. The van der Waals surface area contributed by atoms with E-state index in [-0.39, 0.29) is 22.7 Å². The second-order valence-corrected chi connectivity index (χ2v) is 7.16. The Balaban J connectivity index is 1.77. The number of carbonyl (C=O) groups excluding carboxylic acids is 3. The van der Waals surface area contributed by atoms with Gasteiger partial charge in [-0.1, -0.05) is 41.4 Å². The Morgan fingerprint density at radius 1 is 0.968 bits per heavy atom. The lowest BCUT2D eigenvalue weighted by Gasteiger charge is -2.11. The lowest BCUT2D eigenvalue weighted by Crippen LogP contribution is -2.24. The number of carbonyl (C=O) groups is 3. The number of nitrogens with zero attached hydrogens (tertiary/aromatic N) is 2. The quantitative estimate of drug-likeness (QED) is 0.343. The minimum absolute atomic E-state index is 0.101. The van der Waals surface area contributed by atoms with Crippen LogP contribution in [0.4, 0.5) is 5.69 Å². The molecule has 2 N–H and O–H groups in total. The van der Waals surface area contributed by atoms with Crippen molar-refractivity contribution in [2.75, 3.05) is 5.32 Å². The molecule has 0 aliphatic heterocycles. The number of ketones is 1. The van der Waals surface area contributed by atoms with Crippen molar-refractivity contribution in [2.45, 2.75) is 13.8 Å². The molecule has 2 amide bonds. The molecule has 156 valence electrons. The molecule has 0 saturated heterocycles. The molecule has 3 rings (SSSR count). The molecule has 0 spiro atoms. The van der Waals surface area contributed by atoms with Crippen LogP contribution in [0.15, 0.2) is 72.1 Å². The smallest absolute Gasteiger partial charge is 0.273 e. The fourth-order valence-corrected chi connectivity index (χ4v) is 2.84. The van der Waals surface area contributed by atoms with Gasteiger partial charge in [0.05, 0.1) is 16.8 Å². The number of amides is 2. The van der Waals surface area contributed by atoms with Gasteiger partial charge >= 0.3 is 0 Å². The van der Waals surface area contributed by atoms with Gasteiger partial charge in [0.15, 0.2) is 0 Å². The van der Waals surface area contributed by atoms with Crippen LogP contribution < -0.4 is 10.7 Å². The zero-order valence-corrected chi connectivity index (χ0v) is 17.6. The molecule has 0 unspecified atom stereocenters. The van der Waals surface area contributed by atoms with Crippen molar-refractivity contribution >= 4 is 40.6 Å². The Labute approximate surface area is 184 Å². The molecular formula is C23H19ClN4O3. The molecule has 0 radical (unpaired) electrons. The van der Waals surface area contributed by atoms with E-state index in [1.54, 1.807) is 36.5 Å². The third-order valence-electron chi connectivity index (χ3n) is 4.37. The first-order chi connectivity index (χ1) is 14.8. The van der Waals surface area contributed by atoms with Crippen molar-refractivity contribution in [3.8, 4) is 0 Å². The van der Waals surface area contributed by atoms with Crippen LogP contribution in [0.3, 0.4) is 0 Å². The summed E-state index contributed by atoms with van der Waals surface area (Å²) in [5.74, 6) is -1.37. The summed E-state index contributed by atoms with van der Waals surface area (Å²) in [7, 11) is 0. The Morgan fingerprint density at radius 2 is 1.71 bits per heavy atom. The van der Waals surface area contributed by atoms with Gasteiger partial charge in [-0.05, 0) is 44.2 Å². The van der Waals surface area contributed by atoms with Crippen LogP contribution in [0.25, 0.3) is 0 Å². The number of rotatable bonds is 6. The molecule has 0 bridgehead atoms. The lowest BCUT2D eigenvalue weighted by atomic mass is 10.1. The summed E-state index contributed by atoms with van der Waals surface area (Å²) in [6.45, 7) is 3.43. The maximum absolute atomic E-state index is 12.7. The van der Waals surface area contributed by atoms with Crippen LogP contribution in [0.1, 0.15) is 43.6 Å². The van der Waals surface area contributed by atoms with Gasteiger partial charge in [0.1, 0.15) is 5.71 Å². The highest BCUT2D eigenvalue weighted by molar-refractivity contribution is 6.45. The molecule has 2 aromatic carbocycles. The van der Waals surface area contributed by atoms with E-state index in [1.807, 2.05) is 19.1 Å². The average Bonchev–Trinajstić information content (AvgIpc) is 2.79. The highest BCUT2D eigenvalue weighted by atomic mass is 35.5. The number of pyridine rings is 1. The van der Waals surface area contributed by atoms with Gasteiger partial charge in [0.25, 0.3) is 11.8 Å². The summed E-state index contributed by atoms with van der Waals surface area (Å²) in [5.41, 5.74) is 4.63. The van der Waals surface area contributed by atoms with Crippen LogP contribution in [0.5, 0.6) is 0 Å². The van der Waals surface area contributed by atoms with Crippen molar-refractivity contribution in [3.05, 3.63) is 94.3 Å². The number of nitrogens with one attached hydrogen (secondary N) is 2. The van der Waals surface area contributed by atoms with Gasteiger partial charge in [-0.2, -0.15) is 5.10 Å². The highest BCUT2D eigenvalue weighted by Crippen LogP contribution is 2.21. The summed E-state index contributed by atoms with van der Waals surface area (Å²) in [4.78, 5) is 41.5. The Bertz CT molecular complexity index is 1160. The van der Waals surface area contributed by atoms with E-state index in [9.17, 15) is 14.4 Å². The Kier molecular flexibility index (Phi) is 6.89. The van der Waals surface area contributed by atoms with Gasteiger partial charge in [-0.25, -0.2) is 5.43 Å². The van der Waals surface area contributed by atoms with Crippen LogP contribution in [-0.2, 0) is 0 Å². The van der Waals surface area contributed by atoms with Crippen molar-refractivity contribution in [1.29, 1.82) is 0 Å². The number of aryl methyl sites for hydroxylation is 1. The number of aromatic nitrogens is 1. The first-order valence-electron chi connectivity index (χ1n) is 9.32. The molecule has 0 atom stereocenters. The number of hydrogen-bond acceptors (Lipinski definition) is 5. The zero-order chi connectivity index (χ0) is 22.4. The van der Waals surface area contributed by atoms with E-state index in [4.69, 9.17) is 11.6 Å². The SMILES string of the molecule is CC(=NNC(=O)c1cc(Cl)ccc1NC(=O)c1cccnc1)C(=O)c1ccc(C)cc1. The fraction of sp³-hybridized carbons (Fsp3) is 0.0870. The number of halogens is 1. The first-order valence-corrected chi connectivity index (χ1v) is 9.70. The molecule has 8 heteroatoms. The van der Waals surface area contributed by atoms with Gasteiger partial charge in [0.2, 0.25) is 5.78 Å². The number of hydrazone groups is 1. The number of hydrogen-bond donors (Lipinski definition) is 2. The van der Waals surface area contributed by atoms with E-state index >= 15 is 0 Å². The summed E-state index contributed by atoms with van der Waals surface area (Å²) < 4.78 is 0. The predicted molar refractivity (Wildman–Crippen MR) is 120 cm³/mol. The summed E-state index contributed by atoms with van der Waals surface area (Å²) in [6.07, 6.45) is 2.96. The second-order valence-electron chi connectivity index (χ2n) is 6.72. The molecule has 0 aliphatic carbocycles. The molecule has 3 aromatic rings.